The molecule has 0 spiro atoms. The van der Waals surface area contributed by atoms with Crippen LogP contribution < -0.4 is 0 Å². The summed E-state index contributed by atoms with van der Waals surface area (Å²) in [5, 5.41) is 11.9. The standard InChI is InChI=1S/C23H28N4OS2/c1-23(2,3)26(15-17-8-5-4-6-9-17)21(28)16-30-22-25-24-20(27(22)18-11-12-18)14-19-10-7-13-29-19/h4-10,13,18H,11-12,14-16H2,1-3H3. The highest BCUT2D eigenvalue weighted by Gasteiger charge is 2.31. The Labute approximate surface area is 186 Å². The summed E-state index contributed by atoms with van der Waals surface area (Å²) < 4.78 is 2.26. The van der Waals surface area contributed by atoms with E-state index in [4.69, 9.17) is 0 Å². The predicted molar refractivity (Wildman–Crippen MR) is 123 cm³/mol. The number of hydrogen-bond donors (Lipinski definition) is 0. The molecule has 4 rings (SSSR count). The van der Waals surface area contributed by atoms with Crippen molar-refractivity contribution in [2.45, 2.75) is 63.3 Å². The highest BCUT2D eigenvalue weighted by molar-refractivity contribution is 7.99. The molecule has 1 aliphatic carbocycles. The van der Waals surface area contributed by atoms with Crippen molar-refractivity contribution in [3.63, 3.8) is 0 Å². The largest absolute Gasteiger partial charge is 0.333 e. The number of thiophene rings is 1. The van der Waals surface area contributed by atoms with Crippen LogP contribution in [0, 0.1) is 0 Å². The SMILES string of the molecule is CC(C)(C)N(Cc1ccccc1)C(=O)CSc1nnc(Cc2cccs2)n1C1CC1. The molecule has 1 saturated carbocycles. The van der Waals surface area contributed by atoms with Gasteiger partial charge in [-0.05, 0) is 50.6 Å². The zero-order valence-electron chi connectivity index (χ0n) is 17.7. The maximum Gasteiger partial charge on any atom is 0.233 e. The normalized spacial score (nSPS) is 14.1. The summed E-state index contributed by atoms with van der Waals surface area (Å²) in [5.41, 5.74) is 0.896. The Morgan fingerprint density at radius 3 is 2.57 bits per heavy atom. The van der Waals surface area contributed by atoms with Crippen molar-refractivity contribution in [3.8, 4) is 0 Å². The lowest BCUT2D eigenvalue weighted by Crippen LogP contribution is -2.45. The second-order valence-corrected chi connectivity index (χ2v) is 10.7. The molecule has 0 unspecified atom stereocenters. The van der Waals surface area contributed by atoms with E-state index in [2.05, 4.69) is 65.2 Å². The van der Waals surface area contributed by atoms with Gasteiger partial charge in [-0.2, -0.15) is 0 Å². The minimum atomic E-state index is -0.248. The van der Waals surface area contributed by atoms with Gasteiger partial charge in [-0.25, -0.2) is 0 Å². The summed E-state index contributed by atoms with van der Waals surface area (Å²) in [6.07, 6.45) is 3.13. The molecule has 1 aromatic carbocycles. The Balaban J connectivity index is 1.46. The molecule has 7 heteroatoms. The summed E-state index contributed by atoms with van der Waals surface area (Å²) >= 11 is 3.26. The van der Waals surface area contributed by atoms with Crippen molar-refractivity contribution in [2.75, 3.05) is 5.75 Å². The van der Waals surface area contributed by atoms with Crippen LogP contribution in [0.4, 0.5) is 0 Å². The zero-order chi connectivity index (χ0) is 21.1. The lowest BCUT2D eigenvalue weighted by atomic mass is 10.0. The van der Waals surface area contributed by atoms with Gasteiger partial charge in [-0.1, -0.05) is 48.2 Å². The molecule has 2 heterocycles. The van der Waals surface area contributed by atoms with Crippen molar-refractivity contribution in [1.82, 2.24) is 19.7 Å². The molecule has 158 valence electrons. The Bertz CT molecular complexity index is 973. The molecule has 5 nitrogen and oxygen atoms in total. The molecule has 0 bridgehead atoms. The molecule has 0 radical (unpaired) electrons. The molecular formula is C23H28N4OS2. The zero-order valence-corrected chi connectivity index (χ0v) is 19.4. The lowest BCUT2D eigenvalue weighted by molar-refractivity contribution is -0.133. The van der Waals surface area contributed by atoms with Gasteiger partial charge in [0.1, 0.15) is 5.82 Å². The smallest absolute Gasteiger partial charge is 0.233 e. The minimum Gasteiger partial charge on any atom is -0.333 e. The molecule has 0 aliphatic heterocycles. The quantitative estimate of drug-likeness (QED) is 0.453. The van der Waals surface area contributed by atoms with Crippen LogP contribution in [0.5, 0.6) is 0 Å². The molecule has 1 amide bonds. The van der Waals surface area contributed by atoms with Crippen LogP contribution in [0.3, 0.4) is 0 Å². The van der Waals surface area contributed by atoms with Crippen LogP contribution in [0.2, 0.25) is 0 Å². The number of benzene rings is 1. The van der Waals surface area contributed by atoms with Gasteiger partial charge in [-0.3, -0.25) is 4.79 Å². The molecule has 0 saturated heterocycles. The van der Waals surface area contributed by atoms with Gasteiger partial charge in [0.25, 0.3) is 0 Å². The molecule has 0 atom stereocenters. The number of carbonyl (C=O) groups is 1. The summed E-state index contributed by atoms with van der Waals surface area (Å²) in [7, 11) is 0. The molecule has 3 aromatic rings. The fourth-order valence-corrected chi connectivity index (χ4v) is 5.07. The third kappa shape index (κ3) is 5.13. The number of amides is 1. The summed E-state index contributed by atoms with van der Waals surface area (Å²) in [6.45, 7) is 6.88. The highest BCUT2D eigenvalue weighted by Crippen LogP contribution is 2.39. The van der Waals surface area contributed by atoms with Crippen molar-refractivity contribution >= 4 is 29.0 Å². The van der Waals surface area contributed by atoms with Crippen molar-refractivity contribution < 1.29 is 4.79 Å². The first-order chi connectivity index (χ1) is 14.4. The van der Waals surface area contributed by atoms with Crippen molar-refractivity contribution in [1.29, 1.82) is 0 Å². The van der Waals surface area contributed by atoms with Crippen molar-refractivity contribution in [2.24, 2.45) is 0 Å². The second kappa shape index (κ2) is 8.94. The Morgan fingerprint density at radius 1 is 1.17 bits per heavy atom. The van der Waals surface area contributed by atoms with E-state index in [-0.39, 0.29) is 11.4 Å². The first-order valence-corrected chi connectivity index (χ1v) is 12.2. The number of hydrogen-bond acceptors (Lipinski definition) is 5. The van der Waals surface area contributed by atoms with Gasteiger partial charge in [0.05, 0.1) is 5.75 Å². The van der Waals surface area contributed by atoms with E-state index in [9.17, 15) is 4.79 Å². The van der Waals surface area contributed by atoms with E-state index < -0.39 is 0 Å². The van der Waals surface area contributed by atoms with Gasteiger partial charge in [0.15, 0.2) is 5.16 Å². The second-order valence-electron chi connectivity index (χ2n) is 8.68. The summed E-state index contributed by atoms with van der Waals surface area (Å²) in [4.78, 5) is 16.4. The van der Waals surface area contributed by atoms with Crippen LogP contribution in [-0.4, -0.2) is 36.9 Å². The van der Waals surface area contributed by atoms with Crippen molar-refractivity contribution in [3.05, 3.63) is 64.1 Å². The van der Waals surface area contributed by atoms with Gasteiger partial charge in [0, 0.05) is 29.4 Å². The number of aromatic nitrogens is 3. The van der Waals surface area contributed by atoms with E-state index in [0.29, 0.717) is 18.3 Å². The number of thioether (sulfide) groups is 1. The average molecular weight is 441 g/mol. The summed E-state index contributed by atoms with van der Waals surface area (Å²) in [6, 6.07) is 14.9. The average Bonchev–Trinajstić information content (AvgIpc) is 3.27. The highest BCUT2D eigenvalue weighted by atomic mass is 32.2. The van der Waals surface area contributed by atoms with Crippen LogP contribution in [0.15, 0.2) is 53.0 Å². The van der Waals surface area contributed by atoms with E-state index in [0.717, 1.165) is 23.0 Å². The first kappa shape index (κ1) is 21.1. The number of carbonyl (C=O) groups excluding carboxylic acids is 1. The van der Waals surface area contributed by atoms with E-state index >= 15 is 0 Å². The number of nitrogens with zero attached hydrogens (tertiary/aromatic N) is 4. The molecular weight excluding hydrogens is 412 g/mol. The molecule has 1 aliphatic rings. The fraction of sp³-hybridized carbons (Fsp3) is 0.435. The van der Waals surface area contributed by atoms with Crippen LogP contribution in [0.1, 0.15) is 55.9 Å². The first-order valence-electron chi connectivity index (χ1n) is 10.3. The van der Waals surface area contributed by atoms with E-state index in [1.807, 2.05) is 23.1 Å². The Hall–Kier alpha value is -2.12. The van der Waals surface area contributed by atoms with Crippen LogP contribution >= 0.6 is 23.1 Å². The number of rotatable bonds is 8. The monoisotopic (exact) mass is 440 g/mol. The minimum absolute atomic E-state index is 0.126. The molecule has 0 N–H and O–H groups in total. The maximum atomic E-state index is 13.2. The van der Waals surface area contributed by atoms with Gasteiger partial charge in [0.2, 0.25) is 5.91 Å². The lowest BCUT2D eigenvalue weighted by Gasteiger charge is -2.36. The van der Waals surface area contributed by atoms with Gasteiger partial charge < -0.3 is 9.47 Å². The Morgan fingerprint density at radius 2 is 1.93 bits per heavy atom. The van der Waals surface area contributed by atoms with Gasteiger partial charge in [-0.15, -0.1) is 21.5 Å². The Kier molecular flexibility index (Phi) is 6.29. The molecule has 2 aromatic heterocycles. The third-order valence-electron chi connectivity index (χ3n) is 5.18. The maximum absolute atomic E-state index is 13.2. The predicted octanol–water partition coefficient (Wildman–Crippen LogP) is 5.18. The van der Waals surface area contributed by atoms with Gasteiger partial charge >= 0.3 is 0 Å². The molecule has 30 heavy (non-hydrogen) atoms. The van der Waals surface area contributed by atoms with Crippen LogP contribution in [-0.2, 0) is 17.8 Å². The molecule has 1 fully saturated rings. The summed E-state index contributed by atoms with van der Waals surface area (Å²) in [5.74, 6) is 1.50. The third-order valence-corrected chi connectivity index (χ3v) is 6.98. The van der Waals surface area contributed by atoms with E-state index in [1.165, 1.54) is 29.5 Å². The van der Waals surface area contributed by atoms with Crippen LogP contribution in [0.25, 0.3) is 0 Å². The fourth-order valence-electron chi connectivity index (χ4n) is 3.46. The topological polar surface area (TPSA) is 51.0 Å². The van der Waals surface area contributed by atoms with E-state index in [1.54, 1.807) is 11.3 Å².